The summed E-state index contributed by atoms with van der Waals surface area (Å²) in [6, 6.07) is 7.48. The number of hydrogen-bond donors (Lipinski definition) is 1. The molecule has 5 nitrogen and oxygen atoms in total. The van der Waals surface area contributed by atoms with E-state index in [-0.39, 0.29) is 16.1 Å². The van der Waals surface area contributed by atoms with Gasteiger partial charge in [-0.05, 0) is 84.2 Å². The third kappa shape index (κ3) is 5.35. The maximum absolute atomic E-state index is 13.5. The van der Waals surface area contributed by atoms with Gasteiger partial charge in [-0.25, -0.2) is 13.1 Å². The van der Waals surface area contributed by atoms with Crippen molar-refractivity contribution in [2.75, 3.05) is 19.3 Å². The molecule has 172 valence electrons. The highest BCUT2D eigenvalue weighted by molar-refractivity contribution is 7.88. The van der Waals surface area contributed by atoms with Crippen LogP contribution in [0.2, 0.25) is 0 Å². The van der Waals surface area contributed by atoms with E-state index in [9.17, 15) is 12.8 Å². The Bertz CT molecular complexity index is 1020. The van der Waals surface area contributed by atoms with Crippen LogP contribution >= 0.6 is 11.3 Å². The first-order chi connectivity index (χ1) is 14.2. The second-order valence-corrected chi connectivity index (χ2v) is 12.8. The van der Waals surface area contributed by atoms with Crippen molar-refractivity contribution < 1.29 is 12.8 Å². The summed E-state index contributed by atoms with van der Waals surface area (Å²) in [5.74, 6) is 0. The number of rotatable bonds is 8. The van der Waals surface area contributed by atoms with E-state index in [1.165, 1.54) is 23.7 Å². The topological polar surface area (TPSA) is 62.3 Å². The van der Waals surface area contributed by atoms with Gasteiger partial charge in [0.1, 0.15) is 0 Å². The Hall–Kier alpha value is -1.35. The van der Waals surface area contributed by atoms with Crippen LogP contribution < -0.4 is 4.72 Å². The summed E-state index contributed by atoms with van der Waals surface area (Å²) in [4.78, 5) is 7.90. The van der Waals surface area contributed by atoms with Gasteiger partial charge in [0.25, 0.3) is 0 Å². The van der Waals surface area contributed by atoms with E-state index in [4.69, 9.17) is 0 Å². The molecule has 0 radical (unpaired) electrons. The average molecular weight is 468 g/mol. The minimum atomic E-state index is -3.38. The van der Waals surface area contributed by atoms with E-state index < -0.39 is 15.6 Å². The monoisotopic (exact) mass is 467 g/mol. The number of nitrogens with one attached hydrogen (secondary N) is 1. The molecular formula is C23H34FN3O2S2. The third-order valence-electron chi connectivity index (χ3n) is 7.01. The van der Waals surface area contributed by atoms with Gasteiger partial charge in [0.05, 0.1) is 6.26 Å². The molecule has 0 aromatic carbocycles. The molecule has 0 bridgehead atoms. The molecule has 2 aromatic heterocycles. The van der Waals surface area contributed by atoms with Crippen molar-refractivity contribution in [2.45, 2.75) is 65.0 Å². The van der Waals surface area contributed by atoms with Crippen molar-refractivity contribution in [3.8, 4) is 0 Å². The zero-order valence-electron chi connectivity index (χ0n) is 19.3. The molecule has 1 saturated heterocycles. The number of thiophene rings is 1. The molecule has 0 saturated carbocycles. The lowest BCUT2D eigenvalue weighted by Crippen LogP contribution is -2.57. The van der Waals surface area contributed by atoms with Gasteiger partial charge in [-0.3, -0.25) is 9.88 Å². The minimum Gasteiger partial charge on any atom is -0.293 e. The molecule has 3 rings (SSSR count). The van der Waals surface area contributed by atoms with Crippen molar-refractivity contribution in [1.82, 2.24) is 14.6 Å². The number of hydrogen-bond acceptors (Lipinski definition) is 5. The average Bonchev–Trinajstić information content (AvgIpc) is 3.26. The summed E-state index contributed by atoms with van der Waals surface area (Å²) in [6.45, 7) is 11.9. The van der Waals surface area contributed by atoms with Crippen LogP contribution in [0.4, 0.5) is 4.39 Å². The van der Waals surface area contributed by atoms with Gasteiger partial charge in [-0.15, -0.1) is 11.3 Å². The molecule has 0 spiro atoms. The fourth-order valence-electron chi connectivity index (χ4n) is 4.81. The predicted octanol–water partition coefficient (Wildman–Crippen LogP) is 4.48. The molecular weight excluding hydrogens is 433 g/mol. The largest absolute Gasteiger partial charge is 0.293 e. The highest BCUT2D eigenvalue weighted by atomic mass is 32.2. The van der Waals surface area contributed by atoms with E-state index in [0.717, 1.165) is 48.5 Å². The number of nitrogens with zero attached hydrogens (tertiary/aromatic N) is 2. The van der Waals surface area contributed by atoms with Crippen LogP contribution in [0.3, 0.4) is 0 Å². The summed E-state index contributed by atoms with van der Waals surface area (Å²) >= 11 is 1.17. The lowest BCUT2D eigenvalue weighted by atomic mass is 9.68. The summed E-state index contributed by atoms with van der Waals surface area (Å²) in [5, 5.41) is -0.182. The molecule has 1 aliphatic heterocycles. The first-order valence-corrected chi connectivity index (χ1v) is 13.4. The highest BCUT2D eigenvalue weighted by Crippen LogP contribution is 2.48. The fourth-order valence-corrected chi connectivity index (χ4v) is 6.68. The third-order valence-corrected chi connectivity index (χ3v) is 8.82. The Morgan fingerprint density at radius 3 is 2.48 bits per heavy atom. The molecule has 0 amide bonds. The summed E-state index contributed by atoms with van der Waals surface area (Å²) in [5.41, 5.74) is 0.956. The second-order valence-electron chi connectivity index (χ2n) is 9.90. The highest BCUT2D eigenvalue weighted by Gasteiger charge is 2.52. The maximum atomic E-state index is 13.5. The Morgan fingerprint density at radius 2 is 1.94 bits per heavy atom. The van der Waals surface area contributed by atoms with Crippen molar-refractivity contribution >= 4 is 21.4 Å². The Morgan fingerprint density at radius 1 is 1.23 bits per heavy atom. The maximum Gasteiger partial charge on any atom is 0.209 e. The SMILES string of the molecule is Cc1ccc(C(C)(C)N2CCC(CCc3ccc(F)s3)(C(C)(C)NS(C)(=O)=O)C2)cn1. The molecule has 1 unspecified atom stereocenters. The molecule has 8 heteroatoms. The van der Waals surface area contributed by atoms with Crippen molar-refractivity contribution in [2.24, 2.45) is 5.41 Å². The zero-order valence-corrected chi connectivity index (χ0v) is 21.0. The minimum absolute atomic E-state index is 0.182. The van der Waals surface area contributed by atoms with Crippen LogP contribution in [-0.2, 0) is 22.0 Å². The van der Waals surface area contributed by atoms with Gasteiger partial charge < -0.3 is 0 Å². The van der Waals surface area contributed by atoms with Crippen molar-refractivity contribution in [3.63, 3.8) is 0 Å². The number of sulfonamides is 1. The first kappa shape index (κ1) is 24.3. The van der Waals surface area contributed by atoms with E-state index in [2.05, 4.69) is 34.5 Å². The first-order valence-electron chi connectivity index (χ1n) is 10.7. The molecule has 2 aromatic rings. The number of likely N-dealkylation sites (tertiary alicyclic amines) is 1. The van der Waals surface area contributed by atoms with E-state index >= 15 is 0 Å². The fraction of sp³-hybridized carbons (Fsp3) is 0.609. The Labute approximate surface area is 190 Å². The molecule has 1 aliphatic rings. The van der Waals surface area contributed by atoms with Gasteiger partial charge in [0, 0.05) is 39.8 Å². The van der Waals surface area contributed by atoms with Gasteiger partial charge >= 0.3 is 0 Å². The normalized spacial score (nSPS) is 21.0. The summed E-state index contributed by atoms with van der Waals surface area (Å²) in [6.07, 6.45) is 5.51. The molecule has 0 aliphatic carbocycles. The van der Waals surface area contributed by atoms with Crippen LogP contribution in [0.1, 0.15) is 56.7 Å². The van der Waals surface area contributed by atoms with Crippen LogP contribution in [0.25, 0.3) is 0 Å². The Kier molecular flexibility index (Phi) is 6.69. The zero-order chi connectivity index (χ0) is 23.1. The van der Waals surface area contributed by atoms with E-state index in [1.807, 2.05) is 39.1 Å². The van der Waals surface area contributed by atoms with Crippen LogP contribution in [0, 0.1) is 17.5 Å². The van der Waals surface area contributed by atoms with Crippen LogP contribution in [0.5, 0.6) is 0 Å². The van der Waals surface area contributed by atoms with E-state index in [1.54, 1.807) is 0 Å². The van der Waals surface area contributed by atoms with Gasteiger partial charge in [0.2, 0.25) is 10.0 Å². The number of pyridine rings is 1. The molecule has 31 heavy (non-hydrogen) atoms. The van der Waals surface area contributed by atoms with Crippen molar-refractivity contribution in [1.29, 1.82) is 0 Å². The van der Waals surface area contributed by atoms with Gasteiger partial charge in [-0.1, -0.05) is 6.07 Å². The molecule has 3 heterocycles. The summed E-state index contributed by atoms with van der Waals surface area (Å²) in [7, 11) is -3.38. The lowest BCUT2D eigenvalue weighted by Gasteiger charge is -2.46. The Balaban J connectivity index is 1.90. The molecule has 1 N–H and O–H groups in total. The quantitative estimate of drug-likeness (QED) is 0.622. The predicted molar refractivity (Wildman–Crippen MR) is 125 cm³/mol. The molecule has 1 fully saturated rings. The van der Waals surface area contributed by atoms with Crippen LogP contribution in [0.15, 0.2) is 30.5 Å². The second kappa shape index (κ2) is 8.54. The number of aromatic nitrogens is 1. The number of halogens is 1. The number of aryl methyl sites for hydroxylation is 2. The van der Waals surface area contributed by atoms with Gasteiger partial charge in [0.15, 0.2) is 5.13 Å². The molecule has 1 atom stereocenters. The van der Waals surface area contributed by atoms with Gasteiger partial charge in [-0.2, -0.15) is 4.39 Å². The standard InChI is InChI=1S/C23H34FN3O2S2/c1-17-7-8-18(15-25-17)21(2,3)27-14-13-23(16-27,22(4,5)26-31(6,28)29)12-11-19-9-10-20(24)30-19/h7-10,15,26H,11-14,16H2,1-6H3. The van der Waals surface area contributed by atoms with E-state index in [0.29, 0.717) is 0 Å². The summed E-state index contributed by atoms with van der Waals surface area (Å²) < 4.78 is 40.8. The smallest absolute Gasteiger partial charge is 0.209 e. The van der Waals surface area contributed by atoms with Crippen molar-refractivity contribution in [3.05, 3.63) is 51.7 Å². The van der Waals surface area contributed by atoms with Crippen LogP contribution in [-0.4, -0.2) is 43.2 Å². The lowest BCUT2D eigenvalue weighted by molar-refractivity contribution is 0.0852.